The first-order valence-electron chi connectivity index (χ1n) is 6.71. The number of carbonyl (C=O) groups excluding carboxylic acids is 1. The first kappa shape index (κ1) is 13.5. The van der Waals surface area contributed by atoms with E-state index in [1.165, 1.54) is 6.07 Å². The minimum absolute atomic E-state index is 0.0430. The number of nitrogens with one attached hydrogen (secondary N) is 2. The van der Waals surface area contributed by atoms with Gasteiger partial charge in [-0.05, 0) is 36.2 Å². The number of hydrogen-bond acceptors (Lipinski definition) is 1. The Morgan fingerprint density at radius 2 is 1.81 bits per heavy atom. The molecule has 0 unspecified atom stereocenters. The van der Waals surface area contributed by atoms with Crippen LogP contribution in [0.3, 0.4) is 0 Å². The molecule has 2 aromatic carbocycles. The zero-order valence-corrected chi connectivity index (χ0v) is 11.1. The van der Waals surface area contributed by atoms with Gasteiger partial charge in [0.15, 0.2) is 11.6 Å². The smallest absolute Gasteiger partial charge is 0.319 e. The molecule has 1 aliphatic rings. The van der Waals surface area contributed by atoms with Gasteiger partial charge in [0, 0.05) is 17.6 Å². The van der Waals surface area contributed by atoms with Crippen LogP contribution in [0.15, 0.2) is 48.5 Å². The second-order valence-corrected chi connectivity index (χ2v) is 5.09. The molecule has 3 nitrogen and oxygen atoms in total. The molecule has 5 heteroatoms. The lowest BCUT2D eigenvalue weighted by Gasteiger charge is -2.07. The molecule has 0 bridgehead atoms. The summed E-state index contributed by atoms with van der Waals surface area (Å²) in [6.07, 6.45) is 0.729. The Balaban J connectivity index is 1.56. The normalized spacial score (nSPS) is 19.9. The summed E-state index contributed by atoms with van der Waals surface area (Å²) in [5.41, 5.74) is 1.42. The largest absolute Gasteiger partial charge is 0.334 e. The van der Waals surface area contributed by atoms with E-state index in [9.17, 15) is 13.6 Å². The third kappa shape index (κ3) is 3.18. The Morgan fingerprint density at radius 3 is 2.52 bits per heavy atom. The van der Waals surface area contributed by atoms with Gasteiger partial charge >= 0.3 is 6.03 Å². The van der Waals surface area contributed by atoms with E-state index in [2.05, 4.69) is 10.6 Å². The molecule has 2 N–H and O–H groups in total. The van der Waals surface area contributed by atoms with Crippen molar-refractivity contribution in [3.63, 3.8) is 0 Å². The summed E-state index contributed by atoms with van der Waals surface area (Å²) in [7, 11) is 0. The molecule has 0 aromatic heterocycles. The topological polar surface area (TPSA) is 41.1 Å². The van der Waals surface area contributed by atoms with Gasteiger partial charge in [-0.1, -0.05) is 24.3 Å². The predicted molar refractivity (Wildman–Crippen MR) is 76.1 cm³/mol. The lowest BCUT2D eigenvalue weighted by atomic mass is 10.1. The molecule has 1 aliphatic carbocycles. The van der Waals surface area contributed by atoms with Crippen molar-refractivity contribution in [2.45, 2.75) is 18.4 Å². The molecule has 2 atom stereocenters. The zero-order chi connectivity index (χ0) is 14.8. The van der Waals surface area contributed by atoms with Crippen LogP contribution in [-0.2, 0) is 0 Å². The van der Waals surface area contributed by atoms with Crippen molar-refractivity contribution in [2.24, 2.45) is 0 Å². The maximum atomic E-state index is 13.2. The summed E-state index contributed by atoms with van der Waals surface area (Å²) in [5, 5.41) is 5.54. The minimum atomic E-state index is -0.856. The van der Waals surface area contributed by atoms with Crippen molar-refractivity contribution in [3.05, 3.63) is 65.7 Å². The molecule has 2 amide bonds. The monoisotopic (exact) mass is 288 g/mol. The lowest BCUT2D eigenvalue weighted by molar-refractivity contribution is 0.251. The maximum Gasteiger partial charge on any atom is 0.319 e. The molecule has 0 spiro atoms. The van der Waals surface area contributed by atoms with E-state index in [4.69, 9.17) is 0 Å². The van der Waals surface area contributed by atoms with Crippen molar-refractivity contribution in [3.8, 4) is 0 Å². The number of carbonyl (C=O) groups is 1. The average Bonchev–Trinajstić information content (AvgIpc) is 3.22. The van der Waals surface area contributed by atoms with E-state index in [1.807, 2.05) is 18.2 Å². The van der Waals surface area contributed by atoms with Crippen LogP contribution in [-0.4, -0.2) is 12.1 Å². The first-order valence-corrected chi connectivity index (χ1v) is 6.71. The second-order valence-electron chi connectivity index (χ2n) is 5.09. The summed E-state index contributed by atoms with van der Waals surface area (Å²) in [5.74, 6) is -1.67. The van der Waals surface area contributed by atoms with E-state index < -0.39 is 11.6 Å². The van der Waals surface area contributed by atoms with Gasteiger partial charge in [0.25, 0.3) is 0 Å². The molecule has 1 fully saturated rings. The summed E-state index contributed by atoms with van der Waals surface area (Å²) in [6, 6.07) is 12.6. The SMILES string of the molecule is O=C(Nc1ccccc1)N[C@@H]1C[C@H]1c1ccc(F)c(F)c1. The van der Waals surface area contributed by atoms with Crippen LogP contribution in [0.4, 0.5) is 19.3 Å². The van der Waals surface area contributed by atoms with Crippen LogP contribution in [0.5, 0.6) is 0 Å². The number of urea groups is 1. The van der Waals surface area contributed by atoms with E-state index in [0.29, 0.717) is 11.3 Å². The van der Waals surface area contributed by atoms with Crippen LogP contribution < -0.4 is 10.6 Å². The number of rotatable bonds is 3. The fraction of sp³-hybridized carbons (Fsp3) is 0.188. The molecule has 0 aliphatic heterocycles. The first-order chi connectivity index (χ1) is 10.1. The van der Waals surface area contributed by atoms with Gasteiger partial charge < -0.3 is 10.6 Å². The Hall–Kier alpha value is -2.43. The third-order valence-corrected chi connectivity index (χ3v) is 3.51. The van der Waals surface area contributed by atoms with Gasteiger partial charge in [-0.25, -0.2) is 13.6 Å². The van der Waals surface area contributed by atoms with Gasteiger partial charge in [0.05, 0.1) is 0 Å². The summed E-state index contributed by atoms with van der Waals surface area (Å²) < 4.78 is 26.0. The molecule has 3 rings (SSSR count). The highest BCUT2D eigenvalue weighted by Gasteiger charge is 2.39. The van der Waals surface area contributed by atoms with Crippen LogP contribution >= 0.6 is 0 Å². The fourth-order valence-corrected chi connectivity index (χ4v) is 2.32. The van der Waals surface area contributed by atoms with E-state index in [-0.39, 0.29) is 18.0 Å². The van der Waals surface area contributed by atoms with Gasteiger partial charge in [-0.3, -0.25) is 0 Å². The molecule has 0 saturated heterocycles. The quantitative estimate of drug-likeness (QED) is 0.889. The van der Waals surface area contributed by atoms with E-state index >= 15 is 0 Å². The highest BCUT2D eigenvalue weighted by Crippen LogP contribution is 2.41. The molecular formula is C16H14F2N2O. The number of hydrogen-bond donors (Lipinski definition) is 2. The number of benzene rings is 2. The molecule has 1 saturated carbocycles. The summed E-state index contributed by atoms with van der Waals surface area (Å²) in [4.78, 5) is 11.8. The van der Waals surface area contributed by atoms with Crippen LogP contribution in [0.1, 0.15) is 17.9 Å². The number of halogens is 2. The standard InChI is InChI=1S/C16H14F2N2O/c17-13-7-6-10(8-14(13)18)12-9-15(12)20-16(21)19-11-4-2-1-3-5-11/h1-8,12,15H,9H2,(H2,19,20,21)/t12-,15+/m0/s1. The number of anilines is 1. The Morgan fingerprint density at radius 1 is 1.05 bits per heavy atom. The molecule has 2 aromatic rings. The predicted octanol–water partition coefficient (Wildman–Crippen LogP) is 3.64. The Bertz CT molecular complexity index is 661. The fourth-order valence-electron chi connectivity index (χ4n) is 2.32. The van der Waals surface area contributed by atoms with Crippen LogP contribution in [0.25, 0.3) is 0 Å². The summed E-state index contributed by atoms with van der Waals surface area (Å²) >= 11 is 0. The highest BCUT2D eigenvalue weighted by atomic mass is 19.2. The number of para-hydroxylation sites is 1. The van der Waals surface area contributed by atoms with Gasteiger partial charge in [0.1, 0.15) is 0 Å². The molecule has 108 valence electrons. The number of amides is 2. The zero-order valence-electron chi connectivity index (χ0n) is 11.1. The average molecular weight is 288 g/mol. The van der Waals surface area contributed by atoms with E-state index in [0.717, 1.165) is 12.5 Å². The van der Waals surface area contributed by atoms with Crippen molar-refractivity contribution in [2.75, 3.05) is 5.32 Å². The second kappa shape index (κ2) is 5.52. The van der Waals surface area contributed by atoms with Gasteiger partial charge in [-0.15, -0.1) is 0 Å². The highest BCUT2D eigenvalue weighted by molar-refractivity contribution is 5.89. The molecular weight excluding hydrogens is 274 g/mol. The Labute approximate surface area is 121 Å². The Kier molecular flexibility index (Phi) is 3.56. The third-order valence-electron chi connectivity index (χ3n) is 3.51. The van der Waals surface area contributed by atoms with Crippen molar-refractivity contribution in [1.29, 1.82) is 0 Å². The minimum Gasteiger partial charge on any atom is -0.334 e. The molecule has 0 heterocycles. The summed E-state index contributed by atoms with van der Waals surface area (Å²) in [6.45, 7) is 0. The molecule has 0 radical (unpaired) electrons. The maximum absolute atomic E-state index is 13.2. The molecule has 21 heavy (non-hydrogen) atoms. The van der Waals surface area contributed by atoms with E-state index in [1.54, 1.807) is 18.2 Å². The van der Waals surface area contributed by atoms with Gasteiger partial charge in [0.2, 0.25) is 0 Å². The van der Waals surface area contributed by atoms with Crippen LogP contribution in [0.2, 0.25) is 0 Å². The van der Waals surface area contributed by atoms with Crippen molar-refractivity contribution >= 4 is 11.7 Å². The lowest BCUT2D eigenvalue weighted by Crippen LogP contribution is -2.31. The van der Waals surface area contributed by atoms with Crippen LogP contribution in [0, 0.1) is 11.6 Å². The van der Waals surface area contributed by atoms with Crippen molar-refractivity contribution in [1.82, 2.24) is 5.32 Å². The van der Waals surface area contributed by atoms with Gasteiger partial charge in [-0.2, -0.15) is 0 Å². The van der Waals surface area contributed by atoms with Crippen molar-refractivity contribution < 1.29 is 13.6 Å².